The predicted molar refractivity (Wildman–Crippen MR) is 115 cm³/mol. The first kappa shape index (κ1) is 22.9. The van der Waals surface area contributed by atoms with E-state index in [0.29, 0.717) is 5.69 Å². The summed E-state index contributed by atoms with van der Waals surface area (Å²) in [5.74, 6) is -1.42. The zero-order valence-corrected chi connectivity index (χ0v) is 18.4. The molecule has 1 heterocycles. The van der Waals surface area contributed by atoms with Gasteiger partial charge in [-0.05, 0) is 56.2 Å². The van der Waals surface area contributed by atoms with Gasteiger partial charge in [0.25, 0.3) is 5.91 Å². The van der Waals surface area contributed by atoms with Crippen molar-refractivity contribution in [3.05, 3.63) is 59.7 Å². The van der Waals surface area contributed by atoms with Gasteiger partial charge in [0.1, 0.15) is 6.04 Å². The summed E-state index contributed by atoms with van der Waals surface area (Å²) in [5, 5.41) is 12.7. The molecule has 0 bridgehead atoms. The van der Waals surface area contributed by atoms with Gasteiger partial charge in [-0.2, -0.15) is 4.31 Å². The number of aryl methyl sites for hydroxylation is 2. The number of nitrogens with one attached hydrogen (secondary N) is 1. The molecule has 2 aromatic rings. The van der Waals surface area contributed by atoms with Crippen molar-refractivity contribution in [3.63, 3.8) is 0 Å². The molecular formula is C22H26N2O6S. The van der Waals surface area contributed by atoms with E-state index < -0.39 is 40.1 Å². The Labute approximate surface area is 181 Å². The number of anilines is 1. The summed E-state index contributed by atoms with van der Waals surface area (Å²) in [6.45, 7) is 4.85. The molecule has 3 unspecified atom stereocenters. The first-order valence-electron chi connectivity index (χ1n) is 9.93. The van der Waals surface area contributed by atoms with Gasteiger partial charge in [-0.25, -0.2) is 8.42 Å². The lowest BCUT2D eigenvalue weighted by Crippen LogP contribution is -2.43. The van der Waals surface area contributed by atoms with E-state index >= 15 is 0 Å². The number of aliphatic hydroxyl groups excluding tert-OH is 1. The Bertz CT molecular complexity index is 1070. The van der Waals surface area contributed by atoms with Gasteiger partial charge < -0.3 is 15.2 Å². The van der Waals surface area contributed by atoms with Gasteiger partial charge >= 0.3 is 5.97 Å². The van der Waals surface area contributed by atoms with E-state index in [1.54, 1.807) is 43.3 Å². The number of β-amino-alcohol motifs (C(OH)–C–C–N with tert-alkyl or cyclic N) is 1. The molecule has 0 aromatic heterocycles. The molecule has 0 radical (unpaired) electrons. The van der Waals surface area contributed by atoms with Crippen molar-refractivity contribution in [2.45, 2.75) is 50.3 Å². The second kappa shape index (κ2) is 9.17. The van der Waals surface area contributed by atoms with E-state index in [4.69, 9.17) is 4.74 Å². The summed E-state index contributed by atoms with van der Waals surface area (Å²) in [5.41, 5.74) is 2.28. The number of para-hydroxylation sites is 1. The Kier molecular flexibility index (Phi) is 6.78. The topological polar surface area (TPSA) is 113 Å². The van der Waals surface area contributed by atoms with Crippen LogP contribution >= 0.6 is 0 Å². The van der Waals surface area contributed by atoms with Crippen LogP contribution in [0.2, 0.25) is 0 Å². The van der Waals surface area contributed by atoms with E-state index in [2.05, 4.69) is 5.32 Å². The van der Waals surface area contributed by atoms with Gasteiger partial charge in [-0.3, -0.25) is 9.59 Å². The van der Waals surface area contributed by atoms with Crippen LogP contribution in [-0.2, 0) is 24.3 Å². The molecule has 31 heavy (non-hydrogen) atoms. The maximum absolute atomic E-state index is 13.1. The molecule has 1 aliphatic heterocycles. The molecule has 3 rings (SSSR count). The lowest BCUT2D eigenvalue weighted by Gasteiger charge is -2.24. The van der Waals surface area contributed by atoms with Crippen LogP contribution in [0.4, 0.5) is 5.69 Å². The lowest BCUT2D eigenvalue weighted by atomic mass is 10.1. The van der Waals surface area contributed by atoms with Crippen molar-refractivity contribution >= 4 is 27.6 Å². The van der Waals surface area contributed by atoms with Crippen LogP contribution < -0.4 is 5.32 Å². The molecule has 1 saturated heterocycles. The summed E-state index contributed by atoms with van der Waals surface area (Å²) < 4.78 is 32.5. The fraction of sp³-hybridized carbons (Fsp3) is 0.364. The molecule has 0 spiro atoms. The van der Waals surface area contributed by atoms with Crippen LogP contribution in [0.25, 0.3) is 0 Å². The highest BCUT2D eigenvalue weighted by atomic mass is 32.2. The minimum absolute atomic E-state index is 0.0392. The first-order valence-corrected chi connectivity index (χ1v) is 11.4. The summed E-state index contributed by atoms with van der Waals surface area (Å²) in [4.78, 5) is 25.1. The zero-order chi connectivity index (χ0) is 22.8. The maximum atomic E-state index is 13.1. The second-order valence-corrected chi connectivity index (χ2v) is 9.55. The highest BCUT2D eigenvalue weighted by Gasteiger charge is 2.45. The quantitative estimate of drug-likeness (QED) is 0.657. The van der Waals surface area contributed by atoms with E-state index in [-0.39, 0.29) is 17.9 Å². The fourth-order valence-electron chi connectivity index (χ4n) is 3.35. The van der Waals surface area contributed by atoms with Crippen molar-refractivity contribution in [1.29, 1.82) is 0 Å². The van der Waals surface area contributed by atoms with Gasteiger partial charge in [0.15, 0.2) is 6.10 Å². The monoisotopic (exact) mass is 446 g/mol. The van der Waals surface area contributed by atoms with Crippen LogP contribution in [0, 0.1) is 13.8 Å². The molecule has 9 heteroatoms. The van der Waals surface area contributed by atoms with Crippen molar-refractivity contribution in [2.24, 2.45) is 0 Å². The van der Waals surface area contributed by atoms with Gasteiger partial charge in [0.2, 0.25) is 10.0 Å². The average molecular weight is 447 g/mol. The van der Waals surface area contributed by atoms with Crippen LogP contribution in [-0.4, -0.2) is 54.5 Å². The number of sulfonamides is 1. The second-order valence-electron chi connectivity index (χ2n) is 7.66. The normalized spacial score (nSPS) is 20.3. The molecule has 3 atom stereocenters. The van der Waals surface area contributed by atoms with Gasteiger partial charge in [0, 0.05) is 18.7 Å². The minimum atomic E-state index is -4.04. The van der Waals surface area contributed by atoms with Crippen molar-refractivity contribution in [1.82, 2.24) is 4.31 Å². The number of hydrogen-bond donors (Lipinski definition) is 2. The van der Waals surface area contributed by atoms with Gasteiger partial charge in [-0.15, -0.1) is 0 Å². The van der Waals surface area contributed by atoms with Crippen LogP contribution in [0.3, 0.4) is 0 Å². The Balaban J connectivity index is 1.74. The Morgan fingerprint density at radius 1 is 1.13 bits per heavy atom. The largest absolute Gasteiger partial charge is 0.451 e. The number of benzene rings is 2. The molecule has 1 fully saturated rings. The molecule has 8 nitrogen and oxygen atoms in total. The van der Waals surface area contributed by atoms with E-state index in [0.717, 1.165) is 15.4 Å². The first-order chi connectivity index (χ1) is 14.6. The third-order valence-electron chi connectivity index (χ3n) is 5.29. The summed E-state index contributed by atoms with van der Waals surface area (Å²) in [6.07, 6.45) is -2.25. The van der Waals surface area contributed by atoms with Gasteiger partial charge in [0.05, 0.1) is 11.0 Å². The average Bonchev–Trinajstić information content (AvgIpc) is 3.13. The predicted octanol–water partition coefficient (Wildman–Crippen LogP) is 2.00. The van der Waals surface area contributed by atoms with Crippen molar-refractivity contribution in [2.75, 3.05) is 11.9 Å². The third-order valence-corrected chi connectivity index (χ3v) is 7.16. The molecule has 2 aromatic carbocycles. The van der Waals surface area contributed by atoms with Crippen molar-refractivity contribution in [3.8, 4) is 0 Å². The maximum Gasteiger partial charge on any atom is 0.325 e. The van der Waals surface area contributed by atoms with E-state index in [1.807, 2.05) is 6.92 Å². The number of nitrogens with zero attached hydrogens (tertiary/aromatic N) is 1. The lowest BCUT2D eigenvalue weighted by molar-refractivity contribution is -0.156. The van der Waals surface area contributed by atoms with Crippen LogP contribution in [0.5, 0.6) is 0 Å². The van der Waals surface area contributed by atoms with E-state index in [1.165, 1.54) is 19.1 Å². The number of rotatable bonds is 6. The molecule has 0 saturated carbocycles. The Morgan fingerprint density at radius 3 is 2.45 bits per heavy atom. The third kappa shape index (κ3) is 5.12. The highest BCUT2D eigenvalue weighted by molar-refractivity contribution is 7.89. The van der Waals surface area contributed by atoms with Crippen molar-refractivity contribution < 1.29 is 27.9 Å². The number of carbonyl (C=O) groups is 2. The number of aliphatic hydroxyl groups is 1. The molecule has 1 amide bonds. The Hall–Kier alpha value is -2.75. The number of carbonyl (C=O) groups excluding carboxylic acids is 2. The molecule has 1 aliphatic rings. The molecule has 0 aliphatic carbocycles. The number of amides is 1. The number of ether oxygens (including phenoxy) is 1. The standard InChI is InChI=1S/C22H26N2O6S/c1-14-9-10-19(11-15(14)2)31(28,29)24-13-18(25)12-20(24)22(27)30-16(3)21(26)23-17-7-5-4-6-8-17/h4-11,16,18,20,25H,12-13H2,1-3H3,(H,23,26). The smallest absolute Gasteiger partial charge is 0.325 e. The highest BCUT2D eigenvalue weighted by Crippen LogP contribution is 2.28. The van der Waals surface area contributed by atoms with Gasteiger partial charge in [-0.1, -0.05) is 24.3 Å². The van der Waals surface area contributed by atoms with Crippen LogP contribution in [0.1, 0.15) is 24.5 Å². The molecule has 2 N–H and O–H groups in total. The van der Waals surface area contributed by atoms with E-state index in [9.17, 15) is 23.1 Å². The zero-order valence-electron chi connectivity index (χ0n) is 17.6. The fourth-order valence-corrected chi connectivity index (χ4v) is 5.06. The summed E-state index contributed by atoms with van der Waals surface area (Å²) >= 11 is 0. The van der Waals surface area contributed by atoms with Crippen LogP contribution in [0.15, 0.2) is 53.4 Å². The Morgan fingerprint density at radius 2 is 1.81 bits per heavy atom. The molecular weight excluding hydrogens is 420 g/mol. The molecule has 166 valence electrons. The number of esters is 1. The SMILES string of the molecule is Cc1ccc(S(=O)(=O)N2CC(O)CC2C(=O)OC(C)C(=O)Nc2ccccc2)cc1C. The minimum Gasteiger partial charge on any atom is -0.451 e. The summed E-state index contributed by atoms with van der Waals surface area (Å²) in [6, 6.07) is 12.2. The summed E-state index contributed by atoms with van der Waals surface area (Å²) in [7, 11) is -4.04. The number of hydrogen-bond acceptors (Lipinski definition) is 6.